The first-order valence-electron chi connectivity index (χ1n) is 2.03. The van der Waals surface area contributed by atoms with E-state index in [1.165, 1.54) is 0 Å². The smallest absolute Gasteiger partial charge is 0.247 e. The summed E-state index contributed by atoms with van der Waals surface area (Å²) >= 11 is 5.44. The van der Waals surface area contributed by atoms with Gasteiger partial charge in [-0.2, -0.15) is 0 Å². The van der Waals surface area contributed by atoms with Crippen molar-refractivity contribution in [2.24, 2.45) is 0 Å². The van der Waals surface area contributed by atoms with Crippen molar-refractivity contribution in [1.29, 1.82) is 0 Å². The fraction of sp³-hybridized carbons (Fsp3) is 1.00. The zero-order valence-corrected chi connectivity index (χ0v) is 6.25. The van der Waals surface area contributed by atoms with Crippen molar-refractivity contribution in [3.8, 4) is 0 Å². The Morgan fingerprint density at radius 2 is 2.14 bits per heavy atom. The topological polar surface area (TPSA) is 9.23 Å². The molecule has 3 heteroatoms. The van der Waals surface area contributed by atoms with Gasteiger partial charge in [-0.3, -0.25) is 0 Å². The number of hydrogen-bond donors (Lipinski definition) is 0. The van der Waals surface area contributed by atoms with Gasteiger partial charge in [0.2, 0.25) is 10.5 Å². The second kappa shape index (κ2) is 2.70. The van der Waals surface area contributed by atoms with E-state index < -0.39 is 0 Å². The summed E-state index contributed by atoms with van der Waals surface area (Å²) in [6.07, 6.45) is 0. The molecule has 0 aromatic heterocycles. The molecule has 0 fully saturated rings. The molecule has 7 heavy (non-hydrogen) atoms. The molecule has 0 aliphatic carbocycles. The molecule has 0 aromatic rings. The minimum Gasteiger partial charge on any atom is -0.413 e. The predicted octanol–water partition coefficient (Wildman–Crippen LogP) is 1.10. The van der Waals surface area contributed by atoms with Gasteiger partial charge in [0.25, 0.3) is 0 Å². The summed E-state index contributed by atoms with van der Waals surface area (Å²) in [6.45, 7) is 3.79. The van der Waals surface area contributed by atoms with Gasteiger partial charge in [-0.05, 0) is 13.8 Å². The molecule has 0 spiro atoms. The van der Waals surface area contributed by atoms with Crippen LogP contribution in [0.15, 0.2) is 0 Å². The molecule has 0 bridgehead atoms. The third kappa shape index (κ3) is 3.09. The maximum absolute atomic E-state index is 5.44. The van der Waals surface area contributed by atoms with Gasteiger partial charge < -0.3 is 4.43 Å². The molecule has 0 amide bonds. The Hall–Kier alpha value is 0.467. The Bertz CT molecular complexity index is 49.7. The lowest BCUT2D eigenvalue weighted by Gasteiger charge is -2.18. The van der Waals surface area contributed by atoms with Gasteiger partial charge in [0.05, 0.1) is 5.60 Å². The summed E-state index contributed by atoms with van der Waals surface area (Å²) in [7, 11) is 2.89. The second-order valence-electron chi connectivity index (χ2n) is 2.00. The average Bonchev–Trinajstić information content (AvgIpc) is 1.68. The van der Waals surface area contributed by atoms with Crippen molar-refractivity contribution in [2.45, 2.75) is 19.4 Å². The van der Waals surface area contributed by atoms with Crippen LogP contribution >= 0.6 is 11.6 Å². The van der Waals surface area contributed by atoms with Gasteiger partial charge >= 0.3 is 0 Å². The van der Waals surface area contributed by atoms with E-state index in [2.05, 4.69) is 10.5 Å². The van der Waals surface area contributed by atoms with E-state index in [1.54, 1.807) is 0 Å². The molecule has 3 radical (unpaired) electrons. The zero-order valence-electron chi connectivity index (χ0n) is 4.49. The molecular weight excluding hydrogens is 128 g/mol. The molecule has 41 valence electrons. The highest BCUT2D eigenvalue weighted by atomic mass is 35.5. The molecule has 0 rings (SSSR count). The van der Waals surface area contributed by atoms with Crippen LogP contribution in [-0.4, -0.2) is 22.0 Å². The van der Waals surface area contributed by atoms with E-state index in [9.17, 15) is 0 Å². The third-order valence-electron chi connectivity index (χ3n) is 0.598. The number of alkyl halides is 1. The Morgan fingerprint density at radius 3 is 2.14 bits per heavy atom. The second-order valence-corrected chi connectivity index (χ2v) is 2.47. The molecule has 0 aliphatic rings. The normalized spacial score (nSPS) is 12.0. The van der Waals surface area contributed by atoms with E-state index in [0.29, 0.717) is 5.88 Å². The summed E-state index contributed by atoms with van der Waals surface area (Å²) in [5.41, 5.74) is -0.238. The fourth-order valence-electron chi connectivity index (χ4n) is 0.0273. The van der Waals surface area contributed by atoms with Gasteiger partial charge in [0.1, 0.15) is 0 Å². The SMILES string of the molecule is CC(C)(CCl)O[Si]. The van der Waals surface area contributed by atoms with Gasteiger partial charge in [-0.1, -0.05) is 0 Å². The molecule has 0 aliphatic heterocycles. The largest absolute Gasteiger partial charge is 0.413 e. The van der Waals surface area contributed by atoms with Crippen LogP contribution in [0.5, 0.6) is 0 Å². The van der Waals surface area contributed by atoms with Crippen molar-refractivity contribution in [3.05, 3.63) is 0 Å². The van der Waals surface area contributed by atoms with Crippen molar-refractivity contribution in [1.82, 2.24) is 0 Å². The van der Waals surface area contributed by atoms with Crippen LogP contribution in [0.3, 0.4) is 0 Å². The van der Waals surface area contributed by atoms with Crippen LogP contribution < -0.4 is 0 Å². The van der Waals surface area contributed by atoms with Crippen LogP contribution in [0.2, 0.25) is 0 Å². The quantitative estimate of drug-likeness (QED) is 0.407. The van der Waals surface area contributed by atoms with Crippen molar-refractivity contribution < 1.29 is 4.43 Å². The van der Waals surface area contributed by atoms with Gasteiger partial charge in [0.15, 0.2) is 0 Å². The van der Waals surface area contributed by atoms with E-state index in [4.69, 9.17) is 16.0 Å². The van der Waals surface area contributed by atoms with Gasteiger partial charge in [-0.15, -0.1) is 11.6 Å². The van der Waals surface area contributed by atoms with Crippen molar-refractivity contribution in [2.75, 3.05) is 5.88 Å². The lowest BCUT2D eigenvalue weighted by atomic mass is 10.2. The third-order valence-corrected chi connectivity index (χ3v) is 1.79. The van der Waals surface area contributed by atoms with Crippen LogP contribution in [0, 0.1) is 0 Å². The summed E-state index contributed by atoms with van der Waals surface area (Å²) in [6, 6.07) is 0. The Morgan fingerprint density at radius 1 is 1.71 bits per heavy atom. The van der Waals surface area contributed by atoms with E-state index >= 15 is 0 Å². The maximum Gasteiger partial charge on any atom is 0.247 e. The van der Waals surface area contributed by atoms with Crippen molar-refractivity contribution >= 4 is 22.1 Å². The standard InChI is InChI=1S/C4H8ClOSi/c1-4(2,3-5)6-7/h3H2,1-2H3. The van der Waals surface area contributed by atoms with Crippen LogP contribution in [-0.2, 0) is 4.43 Å². The molecule has 0 atom stereocenters. The molecule has 0 aromatic carbocycles. The number of halogens is 1. The predicted molar refractivity (Wildman–Crippen MR) is 31.6 cm³/mol. The summed E-state index contributed by atoms with van der Waals surface area (Å²) in [4.78, 5) is 0. The zero-order chi connectivity index (χ0) is 5.91. The van der Waals surface area contributed by atoms with Gasteiger partial charge in [-0.25, -0.2) is 0 Å². The van der Waals surface area contributed by atoms with Crippen LogP contribution in [0.25, 0.3) is 0 Å². The molecule has 0 N–H and O–H groups in total. The monoisotopic (exact) mass is 135 g/mol. The molecule has 0 saturated heterocycles. The first-order chi connectivity index (χ1) is 3.12. The average molecular weight is 136 g/mol. The molecule has 1 nitrogen and oxygen atoms in total. The highest BCUT2D eigenvalue weighted by Gasteiger charge is 2.12. The highest BCUT2D eigenvalue weighted by Crippen LogP contribution is 2.07. The molecule has 0 saturated carbocycles. The number of hydrogen-bond acceptors (Lipinski definition) is 1. The first kappa shape index (κ1) is 7.47. The molecule has 0 unspecified atom stereocenters. The van der Waals surface area contributed by atoms with E-state index in [0.717, 1.165) is 0 Å². The maximum atomic E-state index is 5.44. The lowest BCUT2D eigenvalue weighted by Crippen LogP contribution is -2.24. The lowest BCUT2D eigenvalue weighted by molar-refractivity contribution is 0.150. The minimum absolute atomic E-state index is 0.238. The number of rotatable bonds is 2. The molecular formula is C4H8ClOSi. The van der Waals surface area contributed by atoms with Gasteiger partial charge in [0, 0.05) is 5.88 Å². The Balaban J connectivity index is 3.36. The van der Waals surface area contributed by atoms with Crippen molar-refractivity contribution in [3.63, 3.8) is 0 Å². The van der Waals surface area contributed by atoms with Crippen LogP contribution in [0.4, 0.5) is 0 Å². The summed E-state index contributed by atoms with van der Waals surface area (Å²) in [5.74, 6) is 0.497. The highest BCUT2D eigenvalue weighted by molar-refractivity contribution is 6.18. The Kier molecular flexibility index (Phi) is 2.88. The summed E-state index contributed by atoms with van der Waals surface area (Å²) in [5, 5.41) is 0. The van der Waals surface area contributed by atoms with E-state index in [1.807, 2.05) is 13.8 Å². The fourth-order valence-corrected chi connectivity index (χ4v) is 0.245. The first-order valence-corrected chi connectivity index (χ1v) is 2.97. The minimum atomic E-state index is -0.238. The Labute approximate surface area is 52.5 Å². The molecule has 0 heterocycles. The van der Waals surface area contributed by atoms with Crippen LogP contribution in [0.1, 0.15) is 13.8 Å². The van der Waals surface area contributed by atoms with E-state index in [-0.39, 0.29) is 5.60 Å². The summed E-state index contributed by atoms with van der Waals surface area (Å²) < 4.78 is 4.76.